The molecule has 0 spiro atoms. The number of rotatable bonds is 10. The van der Waals surface area contributed by atoms with Crippen LogP contribution in [0.2, 0.25) is 0 Å². The maximum atomic E-state index is 12.7. The van der Waals surface area contributed by atoms with Gasteiger partial charge in [-0.1, -0.05) is 36.4 Å². The highest BCUT2D eigenvalue weighted by Gasteiger charge is 2.19. The van der Waals surface area contributed by atoms with Gasteiger partial charge in [-0.25, -0.2) is 13.1 Å². The zero-order valence-electron chi connectivity index (χ0n) is 15.7. The molecule has 0 saturated carbocycles. The third kappa shape index (κ3) is 6.46. The number of hydrogen-bond donors (Lipinski definition) is 2. The van der Waals surface area contributed by atoms with E-state index in [1.165, 1.54) is 6.07 Å². The summed E-state index contributed by atoms with van der Waals surface area (Å²) in [6.45, 7) is 3.07. The van der Waals surface area contributed by atoms with Crippen LogP contribution >= 0.6 is 0 Å². The third-order valence-electron chi connectivity index (χ3n) is 4.11. The van der Waals surface area contributed by atoms with Crippen molar-refractivity contribution >= 4 is 15.9 Å². The number of methoxy groups -OCH3 is 1. The Morgan fingerprint density at radius 3 is 2.52 bits per heavy atom. The molecule has 27 heavy (non-hydrogen) atoms. The predicted molar refractivity (Wildman–Crippen MR) is 105 cm³/mol. The quantitative estimate of drug-likeness (QED) is 0.611. The Labute approximate surface area is 161 Å². The molecule has 2 rings (SSSR count). The van der Waals surface area contributed by atoms with Gasteiger partial charge in [0.1, 0.15) is 0 Å². The predicted octanol–water partition coefficient (Wildman–Crippen LogP) is 2.63. The molecule has 0 radical (unpaired) electrons. The first-order chi connectivity index (χ1) is 12.9. The molecule has 0 aliphatic heterocycles. The Morgan fingerprint density at radius 1 is 1.07 bits per heavy atom. The average Bonchev–Trinajstić information content (AvgIpc) is 2.67. The number of carbonyl (C=O) groups excluding carboxylic acids is 1. The van der Waals surface area contributed by atoms with Crippen molar-refractivity contribution in [2.24, 2.45) is 0 Å². The van der Waals surface area contributed by atoms with Gasteiger partial charge in [0, 0.05) is 32.4 Å². The van der Waals surface area contributed by atoms with E-state index in [9.17, 15) is 13.2 Å². The van der Waals surface area contributed by atoms with Crippen molar-refractivity contribution in [3.05, 3.63) is 65.2 Å². The molecular formula is C20H26N2O4S. The van der Waals surface area contributed by atoms with E-state index in [1.54, 1.807) is 26.2 Å². The lowest BCUT2D eigenvalue weighted by atomic mass is 10.1. The third-order valence-corrected chi connectivity index (χ3v) is 5.65. The Kier molecular flexibility index (Phi) is 7.97. The maximum absolute atomic E-state index is 12.7. The number of hydrogen-bond acceptors (Lipinski definition) is 4. The van der Waals surface area contributed by atoms with Crippen LogP contribution in [0.15, 0.2) is 53.4 Å². The van der Waals surface area contributed by atoms with Gasteiger partial charge in [0.2, 0.25) is 10.0 Å². The lowest BCUT2D eigenvalue weighted by Crippen LogP contribution is -2.27. The number of sulfonamides is 1. The summed E-state index contributed by atoms with van der Waals surface area (Å²) in [5.41, 5.74) is 1.78. The molecule has 0 saturated heterocycles. The summed E-state index contributed by atoms with van der Waals surface area (Å²) in [6.07, 6.45) is 1.66. The van der Waals surface area contributed by atoms with Gasteiger partial charge in [-0.15, -0.1) is 0 Å². The van der Waals surface area contributed by atoms with Gasteiger partial charge in [-0.05, 0) is 43.0 Å². The maximum Gasteiger partial charge on any atom is 0.251 e. The van der Waals surface area contributed by atoms with E-state index in [2.05, 4.69) is 10.0 Å². The number of benzene rings is 2. The molecule has 0 aromatic heterocycles. The first-order valence-electron chi connectivity index (χ1n) is 8.85. The highest BCUT2D eigenvalue weighted by Crippen LogP contribution is 2.17. The summed E-state index contributed by atoms with van der Waals surface area (Å²) >= 11 is 0. The monoisotopic (exact) mass is 390 g/mol. The van der Waals surface area contributed by atoms with Crippen molar-refractivity contribution in [2.45, 2.75) is 31.2 Å². The van der Waals surface area contributed by atoms with Crippen LogP contribution in [-0.4, -0.2) is 34.6 Å². The van der Waals surface area contributed by atoms with Crippen LogP contribution in [0.5, 0.6) is 0 Å². The van der Waals surface area contributed by atoms with E-state index >= 15 is 0 Å². The second-order valence-electron chi connectivity index (χ2n) is 6.25. The van der Waals surface area contributed by atoms with E-state index in [0.29, 0.717) is 24.3 Å². The van der Waals surface area contributed by atoms with E-state index in [-0.39, 0.29) is 17.3 Å². The van der Waals surface area contributed by atoms with Gasteiger partial charge in [0.05, 0.1) is 4.90 Å². The zero-order valence-corrected chi connectivity index (χ0v) is 16.5. The fraction of sp³-hybridized carbons (Fsp3) is 0.350. The van der Waals surface area contributed by atoms with Crippen LogP contribution in [0.1, 0.15) is 34.3 Å². The SMILES string of the molecule is COCCCCNC(=O)c1ccc(C)c(S(=O)(=O)NCc2ccccc2)c1. The molecule has 0 bridgehead atoms. The molecule has 0 fully saturated rings. The van der Waals surface area contributed by atoms with Crippen LogP contribution < -0.4 is 10.0 Å². The summed E-state index contributed by atoms with van der Waals surface area (Å²) in [5.74, 6) is -0.285. The standard InChI is InChI=1S/C20H26N2O4S/c1-16-10-11-18(20(23)21-12-6-7-13-26-2)14-19(16)27(24,25)22-15-17-8-4-3-5-9-17/h3-5,8-11,14,22H,6-7,12-13,15H2,1-2H3,(H,21,23). The van der Waals surface area contributed by atoms with E-state index in [0.717, 1.165) is 18.4 Å². The number of unbranched alkanes of at least 4 members (excludes halogenated alkanes) is 1. The summed E-state index contributed by atoms with van der Waals surface area (Å²) in [6, 6.07) is 14.0. The molecule has 146 valence electrons. The fourth-order valence-electron chi connectivity index (χ4n) is 2.56. The first kappa shape index (κ1) is 21.1. The summed E-state index contributed by atoms with van der Waals surface area (Å²) < 4.78 is 32.9. The minimum atomic E-state index is -3.72. The first-order valence-corrected chi connectivity index (χ1v) is 10.3. The molecule has 1 amide bonds. The van der Waals surface area contributed by atoms with Crippen molar-refractivity contribution in [1.82, 2.24) is 10.0 Å². The lowest BCUT2D eigenvalue weighted by molar-refractivity contribution is 0.0951. The number of nitrogens with one attached hydrogen (secondary N) is 2. The Hall–Kier alpha value is -2.22. The van der Waals surface area contributed by atoms with Crippen LogP contribution in [0.3, 0.4) is 0 Å². The van der Waals surface area contributed by atoms with Gasteiger partial charge in [-0.2, -0.15) is 0 Å². The summed E-state index contributed by atoms with van der Waals surface area (Å²) in [7, 11) is -2.09. The highest BCUT2D eigenvalue weighted by atomic mass is 32.2. The minimum Gasteiger partial charge on any atom is -0.385 e. The van der Waals surface area contributed by atoms with Crippen molar-refractivity contribution in [1.29, 1.82) is 0 Å². The van der Waals surface area contributed by atoms with E-state index in [1.807, 2.05) is 30.3 Å². The fourth-order valence-corrected chi connectivity index (χ4v) is 3.84. The van der Waals surface area contributed by atoms with Crippen molar-refractivity contribution in [3.8, 4) is 0 Å². The summed E-state index contributed by atoms with van der Waals surface area (Å²) in [4.78, 5) is 12.4. The topological polar surface area (TPSA) is 84.5 Å². The Bertz CT molecular complexity index is 852. The number of aryl methyl sites for hydroxylation is 1. The molecule has 0 aliphatic carbocycles. The van der Waals surface area contributed by atoms with Crippen molar-refractivity contribution < 1.29 is 17.9 Å². The second kappa shape index (κ2) is 10.2. The lowest BCUT2D eigenvalue weighted by Gasteiger charge is -2.12. The van der Waals surface area contributed by atoms with Crippen molar-refractivity contribution in [2.75, 3.05) is 20.3 Å². The molecule has 0 heterocycles. The van der Waals surface area contributed by atoms with Gasteiger partial charge in [0.15, 0.2) is 0 Å². The molecule has 7 heteroatoms. The van der Waals surface area contributed by atoms with Crippen LogP contribution in [0.4, 0.5) is 0 Å². The molecule has 0 unspecified atom stereocenters. The normalized spacial score (nSPS) is 11.3. The Balaban J connectivity index is 2.05. The number of carbonyl (C=O) groups is 1. The molecule has 2 aromatic rings. The van der Waals surface area contributed by atoms with Crippen molar-refractivity contribution in [3.63, 3.8) is 0 Å². The van der Waals surface area contributed by atoms with Crippen LogP contribution in [-0.2, 0) is 21.3 Å². The minimum absolute atomic E-state index is 0.116. The summed E-state index contributed by atoms with van der Waals surface area (Å²) in [5, 5.41) is 2.80. The number of amides is 1. The highest BCUT2D eigenvalue weighted by molar-refractivity contribution is 7.89. The second-order valence-corrected chi connectivity index (χ2v) is 7.98. The zero-order chi connectivity index (χ0) is 19.7. The molecular weight excluding hydrogens is 364 g/mol. The van der Waals surface area contributed by atoms with Gasteiger partial charge in [0.25, 0.3) is 5.91 Å². The largest absolute Gasteiger partial charge is 0.385 e. The van der Waals surface area contributed by atoms with E-state index in [4.69, 9.17) is 4.74 Å². The molecule has 0 atom stereocenters. The molecule has 0 aliphatic rings. The van der Waals surface area contributed by atoms with Gasteiger partial charge >= 0.3 is 0 Å². The number of ether oxygens (including phenoxy) is 1. The Morgan fingerprint density at radius 2 is 1.81 bits per heavy atom. The molecule has 6 nitrogen and oxygen atoms in total. The smallest absolute Gasteiger partial charge is 0.251 e. The van der Waals surface area contributed by atoms with Crippen LogP contribution in [0, 0.1) is 6.92 Å². The average molecular weight is 391 g/mol. The molecule has 2 aromatic carbocycles. The molecule has 2 N–H and O–H groups in total. The van der Waals surface area contributed by atoms with E-state index < -0.39 is 10.0 Å². The van der Waals surface area contributed by atoms with Gasteiger partial charge < -0.3 is 10.1 Å². The van der Waals surface area contributed by atoms with Gasteiger partial charge in [-0.3, -0.25) is 4.79 Å². The van der Waals surface area contributed by atoms with Crippen LogP contribution in [0.25, 0.3) is 0 Å².